The molecular weight excluding hydrogens is 1450 g/mol. The number of hydrogen-bond donors (Lipinski definition) is 11. The molecule has 20 nitrogen and oxygen atoms in total. The number of rotatable bonds is 20. The first-order chi connectivity index (χ1) is 52.6. The number of amides is 4. The van der Waals surface area contributed by atoms with Crippen molar-refractivity contribution in [3.8, 4) is 11.4 Å². The van der Waals surface area contributed by atoms with E-state index in [9.17, 15) is 24.3 Å². The summed E-state index contributed by atoms with van der Waals surface area (Å²) in [5.41, 5.74) is 51.7. The van der Waals surface area contributed by atoms with Crippen molar-refractivity contribution in [2.45, 2.75) is 176 Å². The number of phenols is 1. The van der Waals surface area contributed by atoms with Gasteiger partial charge in [-0.25, -0.2) is 9.48 Å². The number of benzene rings is 7. The Bertz CT molecular complexity index is 4830. The van der Waals surface area contributed by atoms with Crippen LogP contribution in [0.2, 0.25) is 15.1 Å². The van der Waals surface area contributed by atoms with Gasteiger partial charge in [0.25, 0.3) is 11.5 Å². The lowest BCUT2D eigenvalue weighted by Gasteiger charge is -2.31. The van der Waals surface area contributed by atoms with E-state index in [2.05, 4.69) is 165 Å². The number of aromatic hydroxyl groups is 1. The lowest BCUT2D eigenvalue weighted by Crippen LogP contribution is -2.50. The SMILES string of the molecule is C=C1[C@H](CCCCN)NC(=O)N1c1ccc(C2=Cc3ccccc3C2)c2ccccc12.CC(C)(C)c1cc(N)c(O)c(C(C)(C)C)c1.Cc1ccc(C[C@@H](N)C(=O)NC(CCCN=C(N)N)CN2CCCCC2)cc1.Cc1cccc(C(=O)Nc2cc(=O)n(-c3c(Cl)cc(Cl)cc3Cl)[nH]2)c1.Cc1ncc(CN)c(C)c1C. The fraction of sp³-hybridized carbons (Fsp3) is 0.364. The number of H-pyrrole nitrogens is 1. The molecule has 2 aliphatic heterocycles. The number of likely N-dealkylation sites (tertiary alicyclic amines) is 1. The Kier molecular flexibility index (Phi) is 31.2. The third-order valence-electron chi connectivity index (χ3n) is 20.1. The number of nitrogens with one attached hydrogen (secondary N) is 4. The number of unbranched alkanes of at least 4 members (excludes halogenated alkanes) is 1. The smallest absolute Gasteiger partial charge is 0.326 e. The van der Waals surface area contributed by atoms with Crippen molar-refractivity contribution < 1.29 is 19.5 Å². The third kappa shape index (κ3) is 24.1. The van der Waals surface area contributed by atoms with Gasteiger partial charge in [-0.3, -0.25) is 34.4 Å². The molecule has 0 spiro atoms. The third-order valence-corrected chi connectivity index (χ3v) is 20.9. The molecule has 0 bridgehead atoms. The number of carbonyl (C=O) groups is 3. The fourth-order valence-corrected chi connectivity index (χ4v) is 14.5. The van der Waals surface area contributed by atoms with Gasteiger partial charge in [-0.1, -0.05) is 204 Å². The van der Waals surface area contributed by atoms with Crippen molar-refractivity contribution in [3.63, 3.8) is 0 Å². The van der Waals surface area contributed by atoms with Crippen molar-refractivity contribution in [1.29, 1.82) is 0 Å². The first kappa shape index (κ1) is 86.8. The number of nitrogen functional groups attached to an aromatic ring is 1. The molecule has 23 heteroatoms. The Morgan fingerprint density at radius 2 is 1.44 bits per heavy atom. The van der Waals surface area contributed by atoms with Gasteiger partial charge >= 0.3 is 6.03 Å². The number of pyridine rings is 1. The van der Waals surface area contributed by atoms with Crippen LogP contribution in [0.4, 0.5) is 22.0 Å². The second-order valence-corrected chi connectivity index (χ2v) is 32.1. The van der Waals surface area contributed by atoms with Gasteiger partial charge in [0.1, 0.15) is 17.3 Å². The summed E-state index contributed by atoms with van der Waals surface area (Å²) in [5.74, 6) is 0.116. The highest BCUT2D eigenvalue weighted by Crippen LogP contribution is 2.42. The highest BCUT2D eigenvalue weighted by molar-refractivity contribution is 6.40. The topological polar surface area (TPSA) is 333 Å². The number of urea groups is 1. The summed E-state index contributed by atoms with van der Waals surface area (Å²) in [7, 11) is 0. The average molecular weight is 1570 g/mol. The fourth-order valence-electron chi connectivity index (χ4n) is 13.5. The molecule has 0 saturated carbocycles. The minimum Gasteiger partial charge on any atom is -0.505 e. The summed E-state index contributed by atoms with van der Waals surface area (Å²) in [6.07, 6.45) is 13.8. The lowest BCUT2D eigenvalue weighted by atomic mass is 9.80. The number of guanidine groups is 1. The zero-order valence-corrected chi connectivity index (χ0v) is 68.4. The van der Waals surface area contributed by atoms with Crippen LogP contribution in [0.3, 0.4) is 0 Å². The molecule has 2 saturated heterocycles. The predicted octanol–water partition coefficient (Wildman–Crippen LogP) is 16.1. The molecule has 0 radical (unpaired) electrons. The summed E-state index contributed by atoms with van der Waals surface area (Å²) in [5, 5.41) is 24.7. The maximum atomic E-state index is 12.9. The molecule has 7 aromatic carbocycles. The van der Waals surface area contributed by atoms with Crippen molar-refractivity contribution in [1.82, 2.24) is 30.3 Å². The number of aromatic amines is 1. The highest BCUT2D eigenvalue weighted by atomic mass is 35.5. The Hall–Kier alpha value is -9.77. The molecule has 4 heterocycles. The number of nitrogens with zero attached hydrogens (tertiary/aromatic N) is 5. The van der Waals surface area contributed by atoms with E-state index in [4.69, 9.17) is 69.2 Å². The number of carbonyl (C=O) groups excluding carboxylic acids is 3. The van der Waals surface area contributed by atoms with Crippen LogP contribution in [0.25, 0.3) is 28.1 Å². The van der Waals surface area contributed by atoms with Gasteiger partial charge in [-0.15, -0.1) is 0 Å². The quantitative estimate of drug-likeness (QED) is 0.0111. The highest BCUT2D eigenvalue weighted by Gasteiger charge is 2.35. The van der Waals surface area contributed by atoms with Gasteiger partial charge in [0.15, 0.2) is 5.96 Å². The number of hydrogen-bond acceptors (Lipinski definition) is 12. The lowest BCUT2D eigenvalue weighted by molar-refractivity contribution is -0.123. The van der Waals surface area contributed by atoms with E-state index in [1.165, 1.54) is 76.4 Å². The maximum Gasteiger partial charge on any atom is 0.326 e. The number of aromatic nitrogens is 3. The number of aliphatic imine (C=N–C) groups is 1. The molecule has 3 atom stereocenters. The zero-order chi connectivity index (χ0) is 81.0. The summed E-state index contributed by atoms with van der Waals surface area (Å²) in [6, 6.07) is 43.8. The Labute approximate surface area is 669 Å². The average Bonchev–Trinajstić information content (AvgIpc) is 1.69. The molecule has 3 aliphatic rings. The number of allylic oxidation sites excluding steroid dienone is 1. The van der Waals surface area contributed by atoms with E-state index in [-0.39, 0.29) is 74.0 Å². The van der Waals surface area contributed by atoms with E-state index in [0.29, 0.717) is 42.3 Å². The summed E-state index contributed by atoms with van der Waals surface area (Å²) in [4.78, 5) is 62.5. The van der Waals surface area contributed by atoms with Crippen molar-refractivity contribution >= 4 is 98.2 Å². The van der Waals surface area contributed by atoms with Crippen LogP contribution in [0.5, 0.6) is 5.75 Å². The molecule has 1 aliphatic carbocycles. The first-order valence-electron chi connectivity index (χ1n) is 38.0. The number of aryl methyl sites for hydroxylation is 3. The van der Waals surface area contributed by atoms with Crippen LogP contribution in [-0.4, -0.2) is 99.4 Å². The molecule has 2 fully saturated rings. The molecule has 111 heavy (non-hydrogen) atoms. The van der Waals surface area contributed by atoms with Crippen LogP contribution in [-0.2, 0) is 35.0 Å². The molecule has 1 unspecified atom stereocenters. The predicted molar refractivity (Wildman–Crippen MR) is 461 cm³/mol. The second kappa shape index (κ2) is 39.9. The van der Waals surface area contributed by atoms with Gasteiger partial charge in [-0.05, 0) is 215 Å². The van der Waals surface area contributed by atoms with Crippen LogP contribution in [0.15, 0.2) is 168 Å². The van der Waals surface area contributed by atoms with Crippen molar-refractivity contribution in [3.05, 3.63) is 256 Å². The Balaban J connectivity index is 0.000000181. The minimum absolute atomic E-state index is 0.0375. The number of halogens is 3. The van der Waals surface area contributed by atoms with Gasteiger partial charge in [0.2, 0.25) is 5.91 Å². The van der Waals surface area contributed by atoms with E-state index >= 15 is 0 Å². The van der Waals surface area contributed by atoms with Crippen LogP contribution in [0.1, 0.15) is 170 Å². The van der Waals surface area contributed by atoms with Crippen LogP contribution >= 0.6 is 34.8 Å². The number of phenolic OH excluding ortho intramolecular Hbond substituents is 1. The summed E-state index contributed by atoms with van der Waals surface area (Å²) >= 11 is 18.1. The first-order valence-corrected chi connectivity index (χ1v) is 39.1. The summed E-state index contributed by atoms with van der Waals surface area (Å²) in [6.45, 7) is 31.9. The van der Waals surface area contributed by atoms with Gasteiger partial charge in [-0.2, -0.15) is 0 Å². The molecule has 9 aromatic rings. The van der Waals surface area contributed by atoms with Crippen molar-refractivity contribution in [2.24, 2.45) is 33.7 Å². The standard InChI is InChI=1S/C27H27N3O.C21H36N6O.C17H12Cl3N3O2.C14H23NO.C9H14N2/c1-18-25(12-6-7-15-28)29-27(31)30(18)26-14-13-22(23-10-4-5-11-24(23)26)21-16-19-8-2-3-9-20(19)17-21;1-16-7-9-17(10-8-16)14-19(22)20(28)26-18(6-5-11-25-21(23)24)15-27-12-3-2-4-13-27;1-9-3-2-4-10(5-9)17(25)21-14-8-15(24)23(22-14)16-12(19)6-11(18)7-13(16)20;1-13(2,3)9-7-10(14(4,5)6)12(16)11(15)8-9;1-6-7(2)9(4-10)5-11-8(6)3/h2-5,8-11,13-14,16,25H,1,6-7,12,15,17,28H2,(H,29,31);7-10,18-19H,2-6,11-15,22H2,1H3,(H,26,28)(H4,23,24,25);2-8,22H,1H3,(H,21,25);7-8,16H,15H2,1-6H3;5H,4,10H2,1-3H3/t25-;18?,19-;;;/m01.../s1. The van der Waals surface area contributed by atoms with E-state index in [1.54, 1.807) is 23.1 Å². The van der Waals surface area contributed by atoms with Gasteiger partial charge in [0.05, 0.1) is 33.5 Å². The number of piperidine rings is 1. The van der Waals surface area contributed by atoms with Crippen molar-refractivity contribution in [2.75, 3.05) is 48.7 Å². The largest absolute Gasteiger partial charge is 0.505 e. The number of anilines is 3. The molecule has 590 valence electrons. The molecule has 17 N–H and O–H groups in total. The van der Waals surface area contributed by atoms with Gasteiger partial charge in [0, 0.05) is 70.9 Å². The number of fused-ring (bicyclic) bond motifs is 2. The number of nitrogens with two attached hydrogens (primary N) is 6. The van der Waals surface area contributed by atoms with E-state index in [0.717, 1.165) is 119 Å². The van der Waals surface area contributed by atoms with E-state index < -0.39 is 11.6 Å². The monoisotopic (exact) mass is 1560 g/mol. The van der Waals surface area contributed by atoms with E-state index in [1.807, 2.05) is 69.4 Å². The molecule has 2 aromatic heterocycles. The molecule has 4 amide bonds. The Morgan fingerprint density at radius 3 is 2.08 bits per heavy atom. The molecular formula is C88H112Cl3N15O5. The Morgan fingerprint density at radius 1 is 0.766 bits per heavy atom. The maximum absolute atomic E-state index is 12.9. The summed E-state index contributed by atoms with van der Waals surface area (Å²) < 4.78 is 1.15. The second-order valence-electron chi connectivity index (χ2n) is 30.8. The molecule has 12 rings (SSSR count). The van der Waals surface area contributed by atoms with Crippen LogP contribution < -0.4 is 60.8 Å². The van der Waals surface area contributed by atoms with Gasteiger partial charge < -0.3 is 60.4 Å². The zero-order valence-electron chi connectivity index (χ0n) is 66.1. The van der Waals surface area contributed by atoms with Crippen LogP contribution in [0, 0.1) is 34.6 Å². The normalized spacial score (nSPS) is 14.5. The minimum atomic E-state index is -0.552.